The lowest BCUT2D eigenvalue weighted by atomic mass is 9.87. The Morgan fingerprint density at radius 3 is 2.39 bits per heavy atom. The fourth-order valence-corrected chi connectivity index (χ4v) is 3.50. The van der Waals surface area contributed by atoms with Gasteiger partial charge < -0.3 is 4.57 Å². The molecule has 0 radical (unpaired) electrons. The van der Waals surface area contributed by atoms with Crippen LogP contribution in [0.5, 0.6) is 0 Å². The first-order chi connectivity index (χ1) is 13.5. The minimum absolute atomic E-state index is 0.121. The number of nitrogens with zero attached hydrogens (tertiary/aromatic N) is 3. The van der Waals surface area contributed by atoms with Crippen molar-refractivity contribution in [2.45, 2.75) is 32.7 Å². The molecule has 0 bridgehead atoms. The third-order valence-electron chi connectivity index (χ3n) is 5.06. The molecule has 0 aliphatic carbocycles. The molecule has 0 unspecified atom stereocenters. The number of imidazole rings is 1. The maximum absolute atomic E-state index is 9.21. The summed E-state index contributed by atoms with van der Waals surface area (Å²) in [4.78, 5) is 4.91. The first-order valence-corrected chi connectivity index (χ1v) is 9.51. The summed E-state index contributed by atoms with van der Waals surface area (Å²) in [7, 11) is 0. The topological polar surface area (TPSA) is 41.6 Å². The molecule has 0 aliphatic heterocycles. The van der Waals surface area contributed by atoms with Crippen molar-refractivity contribution in [2.75, 3.05) is 0 Å². The largest absolute Gasteiger partial charge is 0.319 e. The van der Waals surface area contributed by atoms with Crippen LogP contribution in [0, 0.1) is 11.3 Å². The average Bonchev–Trinajstić information content (AvgIpc) is 3.06. The van der Waals surface area contributed by atoms with Crippen molar-refractivity contribution in [3.63, 3.8) is 0 Å². The molecular formula is C25H23N3. The molecule has 0 aliphatic rings. The summed E-state index contributed by atoms with van der Waals surface area (Å²) >= 11 is 0. The van der Waals surface area contributed by atoms with Gasteiger partial charge in [-0.3, -0.25) is 0 Å². The second-order valence-corrected chi connectivity index (χ2v) is 8.15. The number of hydrogen-bond acceptors (Lipinski definition) is 2. The second kappa shape index (κ2) is 6.98. The Hall–Kier alpha value is -3.38. The molecule has 0 atom stereocenters. The van der Waals surface area contributed by atoms with Crippen molar-refractivity contribution in [3.8, 4) is 17.5 Å². The van der Waals surface area contributed by atoms with E-state index in [2.05, 4.69) is 67.8 Å². The van der Waals surface area contributed by atoms with Gasteiger partial charge >= 0.3 is 0 Å². The van der Waals surface area contributed by atoms with Crippen molar-refractivity contribution < 1.29 is 0 Å². The Morgan fingerprint density at radius 2 is 1.68 bits per heavy atom. The molecule has 0 N–H and O–H groups in total. The van der Waals surface area contributed by atoms with E-state index in [4.69, 9.17) is 4.98 Å². The summed E-state index contributed by atoms with van der Waals surface area (Å²) in [5.74, 6) is 0.948. The number of benzene rings is 3. The number of aromatic nitrogens is 2. The number of para-hydroxylation sites is 2. The van der Waals surface area contributed by atoms with Crippen molar-refractivity contribution >= 4 is 11.0 Å². The Kier molecular flexibility index (Phi) is 4.49. The highest BCUT2D eigenvalue weighted by Crippen LogP contribution is 2.29. The Balaban J connectivity index is 1.82. The molecule has 4 aromatic rings. The monoisotopic (exact) mass is 365 g/mol. The van der Waals surface area contributed by atoms with Gasteiger partial charge in [-0.2, -0.15) is 5.26 Å². The van der Waals surface area contributed by atoms with E-state index < -0.39 is 0 Å². The van der Waals surface area contributed by atoms with Crippen LogP contribution in [-0.2, 0) is 12.0 Å². The van der Waals surface area contributed by atoms with Crippen LogP contribution in [0.1, 0.15) is 37.5 Å². The van der Waals surface area contributed by atoms with Crippen LogP contribution < -0.4 is 0 Å². The van der Waals surface area contributed by atoms with Gasteiger partial charge in [0.25, 0.3) is 0 Å². The SMILES string of the molecule is CC(C)(C)c1ccc(-c2nc3ccccc3n2Cc2cccc(C#N)c2)cc1. The van der Waals surface area contributed by atoms with Gasteiger partial charge in [0, 0.05) is 12.1 Å². The Morgan fingerprint density at radius 1 is 0.929 bits per heavy atom. The molecule has 1 heterocycles. The molecule has 0 spiro atoms. The molecular weight excluding hydrogens is 342 g/mol. The molecule has 1 aromatic heterocycles. The first kappa shape index (κ1) is 18.0. The number of fused-ring (bicyclic) bond motifs is 1. The zero-order chi connectivity index (χ0) is 19.7. The summed E-state index contributed by atoms with van der Waals surface area (Å²) in [5, 5.41) is 9.21. The first-order valence-electron chi connectivity index (χ1n) is 9.51. The van der Waals surface area contributed by atoms with E-state index >= 15 is 0 Å². The third kappa shape index (κ3) is 3.42. The van der Waals surface area contributed by atoms with Crippen LogP contribution in [-0.4, -0.2) is 9.55 Å². The Bertz CT molecular complexity index is 1170. The number of rotatable bonds is 3. The minimum atomic E-state index is 0.121. The highest BCUT2D eigenvalue weighted by molar-refractivity contribution is 5.80. The van der Waals surface area contributed by atoms with E-state index in [1.807, 2.05) is 36.4 Å². The summed E-state index contributed by atoms with van der Waals surface area (Å²) in [6, 6.07) is 26.9. The molecule has 0 saturated heterocycles. The fourth-order valence-electron chi connectivity index (χ4n) is 3.50. The molecule has 138 valence electrons. The summed E-state index contributed by atoms with van der Waals surface area (Å²) in [6.07, 6.45) is 0. The second-order valence-electron chi connectivity index (χ2n) is 8.15. The maximum Gasteiger partial charge on any atom is 0.141 e. The molecule has 0 amide bonds. The molecule has 0 saturated carbocycles. The standard InChI is InChI=1S/C25H23N3/c1-25(2,3)21-13-11-20(12-14-21)24-27-22-9-4-5-10-23(22)28(24)17-19-8-6-7-18(15-19)16-26/h4-15H,17H2,1-3H3. The minimum Gasteiger partial charge on any atom is -0.319 e. The molecule has 4 rings (SSSR count). The smallest absolute Gasteiger partial charge is 0.141 e. The van der Waals surface area contributed by atoms with Gasteiger partial charge in [-0.1, -0.05) is 69.3 Å². The van der Waals surface area contributed by atoms with E-state index in [0.29, 0.717) is 12.1 Å². The van der Waals surface area contributed by atoms with Crippen molar-refractivity contribution in [2.24, 2.45) is 0 Å². The lowest BCUT2D eigenvalue weighted by Gasteiger charge is -2.19. The van der Waals surface area contributed by atoms with Gasteiger partial charge in [-0.25, -0.2) is 4.98 Å². The average molecular weight is 365 g/mol. The van der Waals surface area contributed by atoms with E-state index in [1.54, 1.807) is 0 Å². The van der Waals surface area contributed by atoms with Crippen LogP contribution in [0.3, 0.4) is 0 Å². The van der Waals surface area contributed by atoms with E-state index in [9.17, 15) is 5.26 Å². The number of nitriles is 1. The van der Waals surface area contributed by atoms with Crippen LogP contribution in [0.15, 0.2) is 72.8 Å². The highest BCUT2D eigenvalue weighted by atomic mass is 15.1. The quantitative estimate of drug-likeness (QED) is 0.452. The van der Waals surface area contributed by atoms with E-state index in [1.165, 1.54) is 5.56 Å². The van der Waals surface area contributed by atoms with Gasteiger partial charge in [-0.15, -0.1) is 0 Å². The molecule has 3 aromatic carbocycles. The van der Waals surface area contributed by atoms with Crippen LogP contribution in [0.4, 0.5) is 0 Å². The number of hydrogen-bond donors (Lipinski definition) is 0. The predicted octanol–water partition coefficient (Wildman–Crippen LogP) is 5.92. The van der Waals surface area contributed by atoms with Gasteiger partial charge in [-0.05, 0) is 40.8 Å². The predicted molar refractivity (Wildman–Crippen MR) is 114 cm³/mol. The lowest BCUT2D eigenvalue weighted by molar-refractivity contribution is 0.590. The van der Waals surface area contributed by atoms with Gasteiger partial charge in [0.15, 0.2) is 0 Å². The van der Waals surface area contributed by atoms with E-state index in [-0.39, 0.29) is 5.41 Å². The fraction of sp³-hybridized carbons (Fsp3) is 0.200. The van der Waals surface area contributed by atoms with Crippen LogP contribution >= 0.6 is 0 Å². The third-order valence-corrected chi connectivity index (χ3v) is 5.06. The van der Waals surface area contributed by atoms with Crippen LogP contribution in [0.25, 0.3) is 22.4 Å². The van der Waals surface area contributed by atoms with Gasteiger partial charge in [0.05, 0.1) is 22.7 Å². The van der Waals surface area contributed by atoms with Crippen molar-refractivity contribution in [1.29, 1.82) is 5.26 Å². The van der Waals surface area contributed by atoms with Gasteiger partial charge in [0.1, 0.15) is 5.82 Å². The molecule has 3 nitrogen and oxygen atoms in total. The highest BCUT2D eigenvalue weighted by Gasteiger charge is 2.16. The maximum atomic E-state index is 9.21. The van der Waals surface area contributed by atoms with Crippen LogP contribution in [0.2, 0.25) is 0 Å². The van der Waals surface area contributed by atoms with Crippen molar-refractivity contribution in [1.82, 2.24) is 9.55 Å². The summed E-state index contributed by atoms with van der Waals surface area (Å²) in [6.45, 7) is 7.34. The van der Waals surface area contributed by atoms with Gasteiger partial charge in [0.2, 0.25) is 0 Å². The Labute approximate surface area is 165 Å². The normalized spacial score (nSPS) is 11.5. The molecule has 0 fully saturated rings. The summed E-state index contributed by atoms with van der Waals surface area (Å²) in [5.41, 5.74) is 6.37. The zero-order valence-corrected chi connectivity index (χ0v) is 16.5. The molecule has 3 heteroatoms. The summed E-state index contributed by atoms with van der Waals surface area (Å²) < 4.78 is 2.23. The zero-order valence-electron chi connectivity index (χ0n) is 16.5. The van der Waals surface area contributed by atoms with Crippen molar-refractivity contribution in [3.05, 3.63) is 89.5 Å². The van der Waals surface area contributed by atoms with E-state index in [0.717, 1.165) is 28.0 Å². The lowest BCUT2D eigenvalue weighted by Crippen LogP contribution is -2.10. The molecule has 28 heavy (non-hydrogen) atoms.